The number of urea groups is 1. The van der Waals surface area contributed by atoms with Crippen molar-refractivity contribution in [3.8, 4) is 0 Å². The van der Waals surface area contributed by atoms with Crippen LogP contribution >= 0.6 is 0 Å². The van der Waals surface area contributed by atoms with Gasteiger partial charge in [-0.25, -0.2) is 4.79 Å². The van der Waals surface area contributed by atoms with Crippen molar-refractivity contribution in [2.75, 3.05) is 50.7 Å². The van der Waals surface area contributed by atoms with Gasteiger partial charge in [0.2, 0.25) is 5.91 Å². The summed E-state index contributed by atoms with van der Waals surface area (Å²) >= 11 is 0. The minimum atomic E-state index is -0.131. The average molecular weight is 330 g/mol. The molecule has 3 rings (SSSR count). The molecule has 130 valence electrons. The zero-order valence-electron chi connectivity index (χ0n) is 14.1. The summed E-state index contributed by atoms with van der Waals surface area (Å²) in [5.74, 6) is 0.0333. The first-order valence-corrected chi connectivity index (χ1v) is 8.84. The highest BCUT2D eigenvalue weighted by molar-refractivity contribution is 5.84. The van der Waals surface area contributed by atoms with Crippen molar-refractivity contribution in [2.45, 2.75) is 19.3 Å². The van der Waals surface area contributed by atoms with E-state index in [0.29, 0.717) is 13.1 Å². The van der Waals surface area contributed by atoms with Gasteiger partial charge in [0.25, 0.3) is 0 Å². The molecule has 2 heterocycles. The van der Waals surface area contributed by atoms with Crippen molar-refractivity contribution in [3.05, 3.63) is 30.3 Å². The van der Waals surface area contributed by atoms with Crippen LogP contribution in [0.25, 0.3) is 0 Å². The van der Waals surface area contributed by atoms with E-state index in [4.69, 9.17) is 0 Å². The number of carbonyl (C=O) groups excluding carboxylic acids is 2. The third-order valence-electron chi connectivity index (χ3n) is 4.79. The number of nitrogens with one attached hydrogen (secondary N) is 1. The summed E-state index contributed by atoms with van der Waals surface area (Å²) in [6.45, 7) is 4.75. The highest BCUT2D eigenvalue weighted by Crippen LogP contribution is 2.15. The van der Waals surface area contributed by atoms with Gasteiger partial charge in [-0.15, -0.1) is 0 Å². The predicted octanol–water partition coefficient (Wildman–Crippen LogP) is 1.53. The van der Waals surface area contributed by atoms with E-state index in [1.165, 1.54) is 12.1 Å². The Morgan fingerprint density at radius 3 is 2.17 bits per heavy atom. The third-order valence-corrected chi connectivity index (χ3v) is 4.79. The maximum absolute atomic E-state index is 12.3. The fraction of sp³-hybridized carbons (Fsp3) is 0.556. The van der Waals surface area contributed by atoms with E-state index in [1.807, 2.05) is 23.1 Å². The zero-order valence-corrected chi connectivity index (χ0v) is 14.1. The molecule has 6 heteroatoms. The fourth-order valence-electron chi connectivity index (χ4n) is 3.32. The van der Waals surface area contributed by atoms with Crippen LogP contribution < -0.4 is 10.2 Å². The Labute approximate surface area is 143 Å². The van der Waals surface area contributed by atoms with Gasteiger partial charge in [-0.1, -0.05) is 18.2 Å². The van der Waals surface area contributed by atoms with Crippen molar-refractivity contribution in [1.29, 1.82) is 0 Å². The van der Waals surface area contributed by atoms with Gasteiger partial charge in [-0.2, -0.15) is 0 Å². The lowest BCUT2D eigenvalue weighted by Gasteiger charge is -2.36. The largest absolute Gasteiger partial charge is 0.368 e. The number of amides is 3. The van der Waals surface area contributed by atoms with Crippen molar-refractivity contribution >= 4 is 17.6 Å². The Bertz CT molecular complexity index is 549. The number of rotatable bonds is 3. The quantitative estimate of drug-likeness (QED) is 0.914. The number of piperidine rings is 1. The second kappa shape index (κ2) is 8.04. The average Bonchev–Trinajstić information content (AvgIpc) is 2.67. The molecule has 2 aliphatic heterocycles. The summed E-state index contributed by atoms with van der Waals surface area (Å²) in [6.07, 6.45) is 3.34. The molecule has 2 saturated heterocycles. The van der Waals surface area contributed by atoms with Crippen LogP contribution in [0.5, 0.6) is 0 Å². The molecule has 1 N–H and O–H groups in total. The number of likely N-dealkylation sites (tertiary alicyclic amines) is 1. The molecular weight excluding hydrogens is 304 g/mol. The standard InChI is InChI=1S/C18H26N4O2/c23-17(21-9-5-2-6-10-21)15-19-18(24)22-13-11-20(12-14-22)16-7-3-1-4-8-16/h1,3-4,7-8H,2,5-6,9-15H2,(H,19,24). The zero-order chi connectivity index (χ0) is 16.8. The highest BCUT2D eigenvalue weighted by atomic mass is 16.2. The van der Waals surface area contributed by atoms with Crippen molar-refractivity contribution in [1.82, 2.24) is 15.1 Å². The number of hydrogen-bond donors (Lipinski definition) is 1. The second-order valence-electron chi connectivity index (χ2n) is 6.41. The molecule has 2 aliphatic rings. The Morgan fingerprint density at radius 2 is 1.50 bits per heavy atom. The molecule has 6 nitrogen and oxygen atoms in total. The summed E-state index contributed by atoms with van der Waals surface area (Å²) in [4.78, 5) is 30.3. The minimum Gasteiger partial charge on any atom is -0.368 e. The number of anilines is 1. The van der Waals surface area contributed by atoms with E-state index < -0.39 is 0 Å². The van der Waals surface area contributed by atoms with Gasteiger partial charge in [0.15, 0.2) is 0 Å². The number of carbonyl (C=O) groups is 2. The van der Waals surface area contributed by atoms with E-state index in [9.17, 15) is 9.59 Å². The van der Waals surface area contributed by atoms with Gasteiger partial charge in [-0.05, 0) is 31.4 Å². The van der Waals surface area contributed by atoms with Crippen LogP contribution in [0.15, 0.2) is 30.3 Å². The molecule has 0 unspecified atom stereocenters. The number of hydrogen-bond acceptors (Lipinski definition) is 3. The Balaban J connectivity index is 1.41. The molecule has 1 aromatic rings. The monoisotopic (exact) mass is 330 g/mol. The molecule has 24 heavy (non-hydrogen) atoms. The topological polar surface area (TPSA) is 55.9 Å². The molecule has 3 amide bonds. The number of nitrogens with zero attached hydrogens (tertiary/aromatic N) is 3. The van der Waals surface area contributed by atoms with Crippen LogP contribution in [0.1, 0.15) is 19.3 Å². The summed E-state index contributed by atoms with van der Waals surface area (Å²) in [5.41, 5.74) is 1.19. The Hall–Kier alpha value is -2.24. The maximum Gasteiger partial charge on any atom is 0.317 e. The second-order valence-corrected chi connectivity index (χ2v) is 6.41. The molecule has 0 saturated carbocycles. The number of benzene rings is 1. The number of piperazine rings is 1. The molecule has 0 aliphatic carbocycles. The highest BCUT2D eigenvalue weighted by Gasteiger charge is 2.22. The minimum absolute atomic E-state index is 0.0333. The van der Waals surface area contributed by atoms with Gasteiger partial charge >= 0.3 is 6.03 Å². The maximum atomic E-state index is 12.3. The summed E-state index contributed by atoms with van der Waals surface area (Å²) in [6, 6.07) is 10.1. The van der Waals surface area contributed by atoms with Crippen LogP contribution in [0.4, 0.5) is 10.5 Å². The molecule has 0 radical (unpaired) electrons. The van der Waals surface area contributed by atoms with E-state index in [-0.39, 0.29) is 18.5 Å². The smallest absolute Gasteiger partial charge is 0.317 e. The van der Waals surface area contributed by atoms with Crippen LogP contribution in [-0.4, -0.2) is 67.6 Å². The lowest BCUT2D eigenvalue weighted by atomic mass is 10.1. The molecule has 1 aromatic carbocycles. The molecule has 0 atom stereocenters. The summed E-state index contributed by atoms with van der Waals surface area (Å²) < 4.78 is 0. The van der Waals surface area contributed by atoms with Gasteiger partial charge in [0, 0.05) is 45.0 Å². The van der Waals surface area contributed by atoms with Gasteiger partial charge in [0.1, 0.15) is 0 Å². The first-order valence-electron chi connectivity index (χ1n) is 8.84. The van der Waals surface area contributed by atoms with E-state index in [2.05, 4.69) is 22.3 Å². The van der Waals surface area contributed by atoms with Gasteiger partial charge < -0.3 is 20.0 Å². The van der Waals surface area contributed by atoms with Crippen LogP contribution in [0.3, 0.4) is 0 Å². The fourth-order valence-corrected chi connectivity index (χ4v) is 3.32. The molecular formula is C18H26N4O2. The van der Waals surface area contributed by atoms with Crippen molar-refractivity contribution < 1.29 is 9.59 Å². The van der Waals surface area contributed by atoms with Gasteiger partial charge in [0.05, 0.1) is 6.54 Å². The molecule has 0 bridgehead atoms. The van der Waals surface area contributed by atoms with E-state index in [1.54, 1.807) is 4.90 Å². The third kappa shape index (κ3) is 4.19. The summed E-state index contributed by atoms with van der Waals surface area (Å²) in [5, 5.41) is 2.78. The lowest BCUT2D eigenvalue weighted by Crippen LogP contribution is -2.53. The first kappa shape index (κ1) is 16.6. The molecule has 0 aromatic heterocycles. The summed E-state index contributed by atoms with van der Waals surface area (Å²) in [7, 11) is 0. The SMILES string of the molecule is O=C(CNC(=O)N1CCN(c2ccccc2)CC1)N1CCCCC1. The van der Waals surface area contributed by atoms with Crippen LogP contribution in [-0.2, 0) is 4.79 Å². The molecule has 0 spiro atoms. The predicted molar refractivity (Wildman–Crippen MR) is 94.1 cm³/mol. The number of para-hydroxylation sites is 1. The van der Waals surface area contributed by atoms with Crippen molar-refractivity contribution in [2.24, 2.45) is 0 Å². The van der Waals surface area contributed by atoms with E-state index >= 15 is 0 Å². The van der Waals surface area contributed by atoms with E-state index in [0.717, 1.165) is 39.0 Å². The lowest BCUT2D eigenvalue weighted by molar-refractivity contribution is -0.130. The molecule has 2 fully saturated rings. The van der Waals surface area contributed by atoms with Crippen LogP contribution in [0.2, 0.25) is 0 Å². The first-order chi connectivity index (χ1) is 11.7. The van der Waals surface area contributed by atoms with Crippen molar-refractivity contribution in [3.63, 3.8) is 0 Å². The van der Waals surface area contributed by atoms with Crippen LogP contribution in [0, 0.1) is 0 Å². The Kier molecular flexibility index (Phi) is 5.56. The normalized spacial score (nSPS) is 18.4. The Morgan fingerprint density at radius 1 is 0.833 bits per heavy atom. The van der Waals surface area contributed by atoms with Gasteiger partial charge in [-0.3, -0.25) is 4.79 Å².